The third-order valence-corrected chi connectivity index (χ3v) is 5.91. The molecule has 1 amide bonds. The number of amides is 1. The molecule has 2 aliphatic heterocycles. The Labute approximate surface area is 157 Å². The Morgan fingerprint density at radius 3 is 2.81 bits per heavy atom. The van der Waals surface area contributed by atoms with E-state index in [1.165, 1.54) is 6.07 Å². The molecule has 1 unspecified atom stereocenters. The van der Waals surface area contributed by atoms with Crippen molar-refractivity contribution < 1.29 is 17.9 Å². The minimum atomic E-state index is -3.55. The summed E-state index contributed by atoms with van der Waals surface area (Å²) < 4.78 is 32.2. The second-order valence-electron chi connectivity index (χ2n) is 6.44. The van der Waals surface area contributed by atoms with E-state index in [2.05, 4.69) is 15.0 Å². The molecule has 0 radical (unpaired) electrons. The Kier molecular flexibility index (Phi) is 4.57. The lowest BCUT2D eigenvalue weighted by Crippen LogP contribution is -2.34. The topological polar surface area (TPSA) is 96.9 Å². The van der Waals surface area contributed by atoms with Crippen molar-refractivity contribution in [3.63, 3.8) is 0 Å². The van der Waals surface area contributed by atoms with Crippen LogP contribution in [0.1, 0.15) is 17.5 Å². The summed E-state index contributed by atoms with van der Waals surface area (Å²) in [6, 6.07) is 14.5. The van der Waals surface area contributed by atoms with Gasteiger partial charge in [-0.15, -0.1) is 0 Å². The molecule has 2 heterocycles. The molecule has 0 saturated carbocycles. The van der Waals surface area contributed by atoms with Gasteiger partial charge in [-0.1, -0.05) is 30.3 Å². The SMILES string of the molecule is O=C(CCN=C1NS(=O)(=O)c2ccccc21)NCC1Cc2ccccc2O1. The smallest absolute Gasteiger partial charge is 0.263 e. The van der Waals surface area contributed by atoms with Gasteiger partial charge < -0.3 is 10.1 Å². The lowest BCUT2D eigenvalue weighted by atomic mass is 10.1. The van der Waals surface area contributed by atoms with Gasteiger partial charge in [0.2, 0.25) is 5.91 Å². The van der Waals surface area contributed by atoms with Gasteiger partial charge in [0.15, 0.2) is 0 Å². The first-order valence-electron chi connectivity index (χ1n) is 8.71. The number of amidine groups is 1. The average Bonchev–Trinajstić information content (AvgIpc) is 3.19. The Balaban J connectivity index is 1.28. The molecule has 0 saturated heterocycles. The molecule has 2 aromatic carbocycles. The fourth-order valence-corrected chi connectivity index (χ4v) is 4.46. The van der Waals surface area contributed by atoms with Crippen molar-refractivity contribution in [2.75, 3.05) is 13.1 Å². The van der Waals surface area contributed by atoms with Crippen molar-refractivity contribution in [3.8, 4) is 5.75 Å². The Bertz CT molecular complexity index is 992. The van der Waals surface area contributed by atoms with E-state index in [9.17, 15) is 13.2 Å². The summed E-state index contributed by atoms with van der Waals surface area (Å²) in [6.45, 7) is 0.628. The van der Waals surface area contributed by atoms with Gasteiger partial charge in [-0.2, -0.15) is 0 Å². The van der Waals surface area contributed by atoms with Crippen LogP contribution in [0.5, 0.6) is 5.75 Å². The van der Waals surface area contributed by atoms with Crippen LogP contribution in [0, 0.1) is 0 Å². The summed E-state index contributed by atoms with van der Waals surface area (Å²) in [7, 11) is -3.55. The molecule has 2 aliphatic rings. The van der Waals surface area contributed by atoms with Gasteiger partial charge in [0.25, 0.3) is 10.0 Å². The molecule has 140 valence electrons. The number of nitrogens with zero attached hydrogens (tertiary/aromatic N) is 1. The van der Waals surface area contributed by atoms with Gasteiger partial charge >= 0.3 is 0 Å². The lowest BCUT2D eigenvalue weighted by molar-refractivity contribution is -0.121. The normalized spacial score (nSPS) is 20.4. The van der Waals surface area contributed by atoms with E-state index in [4.69, 9.17) is 4.74 Å². The molecule has 1 atom stereocenters. The molecule has 27 heavy (non-hydrogen) atoms. The molecule has 7 nitrogen and oxygen atoms in total. The van der Waals surface area contributed by atoms with Crippen LogP contribution in [-0.2, 0) is 21.2 Å². The number of sulfonamides is 1. The van der Waals surface area contributed by atoms with Gasteiger partial charge in [0.05, 0.1) is 18.0 Å². The molecule has 0 spiro atoms. The van der Waals surface area contributed by atoms with E-state index < -0.39 is 10.0 Å². The highest BCUT2D eigenvalue weighted by Crippen LogP contribution is 2.27. The number of ether oxygens (including phenoxy) is 1. The van der Waals surface area contributed by atoms with E-state index in [1.54, 1.807) is 18.2 Å². The van der Waals surface area contributed by atoms with Crippen molar-refractivity contribution in [1.29, 1.82) is 0 Å². The number of carbonyl (C=O) groups excluding carboxylic acids is 1. The molecular weight excluding hydrogens is 366 g/mol. The molecule has 8 heteroatoms. The standard InChI is InChI=1S/C19H19N3O4S/c23-18(21-12-14-11-13-5-1-3-7-16(13)26-14)9-10-20-19-15-6-2-4-8-17(15)27(24,25)22-19/h1-8,14H,9-12H2,(H,20,22)(H,21,23). The second kappa shape index (κ2) is 7.03. The van der Waals surface area contributed by atoms with Crippen LogP contribution in [0.15, 0.2) is 58.4 Å². The fraction of sp³-hybridized carbons (Fsp3) is 0.263. The summed E-state index contributed by atoms with van der Waals surface area (Å²) in [4.78, 5) is 16.5. The van der Waals surface area contributed by atoms with Crippen LogP contribution in [0.3, 0.4) is 0 Å². The molecule has 0 aliphatic carbocycles. The van der Waals surface area contributed by atoms with Crippen molar-refractivity contribution in [3.05, 3.63) is 59.7 Å². The zero-order valence-corrected chi connectivity index (χ0v) is 15.3. The van der Waals surface area contributed by atoms with E-state index in [0.29, 0.717) is 12.1 Å². The van der Waals surface area contributed by atoms with Gasteiger partial charge in [-0.25, -0.2) is 8.42 Å². The zero-order chi connectivity index (χ0) is 18.9. The Hall–Kier alpha value is -2.87. The Morgan fingerprint density at radius 2 is 1.96 bits per heavy atom. The number of hydrogen-bond acceptors (Lipinski definition) is 5. The summed E-state index contributed by atoms with van der Waals surface area (Å²) in [5.41, 5.74) is 1.69. The summed E-state index contributed by atoms with van der Waals surface area (Å²) in [5, 5.41) is 2.85. The molecule has 4 rings (SSSR count). The average molecular weight is 385 g/mol. The summed E-state index contributed by atoms with van der Waals surface area (Å²) in [6.07, 6.45) is 0.885. The highest BCUT2D eigenvalue weighted by atomic mass is 32.2. The minimum absolute atomic E-state index is 0.0637. The van der Waals surface area contributed by atoms with Crippen LogP contribution in [0.4, 0.5) is 0 Å². The monoisotopic (exact) mass is 385 g/mol. The van der Waals surface area contributed by atoms with Gasteiger partial charge in [-0.3, -0.25) is 14.5 Å². The van der Waals surface area contributed by atoms with Crippen molar-refractivity contribution in [1.82, 2.24) is 10.0 Å². The first kappa shape index (κ1) is 17.5. The molecule has 0 fully saturated rings. The molecule has 2 aromatic rings. The first-order valence-corrected chi connectivity index (χ1v) is 10.2. The number of aliphatic imine (C=N–C) groups is 1. The van der Waals surface area contributed by atoms with Crippen LogP contribution in [-0.4, -0.2) is 39.4 Å². The van der Waals surface area contributed by atoms with Gasteiger partial charge in [0, 0.05) is 18.4 Å². The van der Waals surface area contributed by atoms with E-state index in [0.717, 1.165) is 17.7 Å². The predicted molar refractivity (Wildman–Crippen MR) is 100 cm³/mol. The molecule has 2 N–H and O–H groups in total. The van der Waals surface area contributed by atoms with E-state index in [1.807, 2.05) is 24.3 Å². The van der Waals surface area contributed by atoms with Crippen molar-refractivity contribution in [2.45, 2.75) is 23.8 Å². The van der Waals surface area contributed by atoms with Crippen LogP contribution >= 0.6 is 0 Å². The number of benzene rings is 2. The third kappa shape index (κ3) is 3.66. The third-order valence-electron chi connectivity index (χ3n) is 4.51. The number of nitrogens with one attached hydrogen (secondary N) is 2. The number of fused-ring (bicyclic) bond motifs is 2. The van der Waals surface area contributed by atoms with E-state index in [-0.39, 0.29) is 35.7 Å². The summed E-state index contributed by atoms with van der Waals surface area (Å²) in [5.74, 6) is 1.01. The summed E-state index contributed by atoms with van der Waals surface area (Å²) >= 11 is 0. The molecule has 0 bridgehead atoms. The number of para-hydroxylation sites is 1. The van der Waals surface area contributed by atoms with Crippen LogP contribution in [0.2, 0.25) is 0 Å². The van der Waals surface area contributed by atoms with Gasteiger partial charge in [0.1, 0.15) is 17.7 Å². The molecular formula is C19H19N3O4S. The molecule has 0 aromatic heterocycles. The first-order chi connectivity index (χ1) is 13.0. The van der Waals surface area contributed by atoms with Crippen LogP contribution in [0.25, 0.3) is 0 Å². The fourth-order valence-electron chi connectivity index (χ4n) is 3.20. The second-order valence-corrected chi connectivity index (χ2v) is 8.09. The highest BCUT2D eigenvalue weighted by Gasteiger charge is 2.30. The Morgan fingerprint density at radius 1 is 1.19 bits per heavy atom. The minimum Gasteiger partial charge on any atom is -0.488 e. The van der Waals surface area contributed by atoms with Crippen molar-refractivity contribution in [2.24, 2.45) is 4.99 Å². The lowest BCUT2D eigenvalue weighted by Gasteiger charge is -2.11. The predicted octanol–water partition coefficient (Wildman–Crippen LogP) is 1.24. The van der Waals surface area contributed by atoms with E-state index >= 15 is 0 Å². The quantitative estimate of drug-likeness (QED) is 0.809. The largest absolute Gasteiger partial charge is 0.488 e. The number of carbonyl (C=O) groups is 1. The highest BCUT2D eigenvalue weighted by molar-refractivity contribution is 7.90. The van der Waals surface area contributed by atoms with Crippen LogP contribution < -0.4 is 14.8 Å². The van der Waals surface area contributed by atoms with Crippen molar-refractivity contribution >= 4 is 21.8 Å². The maximum Gasteiger partial charge on any atom is 0.263 e. The van der Waals surface area contributed by atoms with Gasteiger partial charge in [-0.05, 0) is 23.8 Å². The zero-order valence-electron chi connectivity index (χ0n) is 14.5. The maximum absolute atomic E-state index is 12.0. The maximum atomic E-state index is 12.0. The number of rotatable bonds is 5. The number of hydrogen-bond donors (Lipinski definition) is 2.